The van der Waals surface area contributed by atoms with Gasteiger partial charge in [0.25, 0.3) is 0 Å². The van der Waals surface area contributed by atoms with Crippen LogP contribution in [0.2, 0.25) is 0 Å². The third-order valence-corrected chi connectivity index (χ3v) is 4.45. The Kier molecular flexibility index (Phi) is 4.59. The van der Waals surface area contributed by atoms with Crippen LogP contribution >= 0.6 is 23.1 Å². The van der Waals surface area contributed by atoms with Crippen LogP contribution in [0.5, 0.6) is 0 Å². The second-order valence-corrected chi connectivity index (χ2v) is 6.13. The first-order valence-corrected chi connectivity index (χ1v) is 7.39. The Morgan fingerprint density at radius 2 is 2.12 bits per heavy atom. The molecule has 0 aliphatic heterocycles. The van der Waals surface area contributed by atoms with Gasteiger partial charge in [0.05, 0.1) is 0 Å². The van der Waals surface area contributed by atoms with Crippen LogP contribution in [-0.2, 0) is 6.42 Å². The van der Waals surface area contributed by atoms with Crippen molar-refractivity contribution in [3.05, 3.63) is 41.4 Å². The van der Waals surface area contributed by atoms with E-state index in [1.165, 1.54) is 10.5 Å². The van der Waals surface area contributed by atoms with Gasteiger partial charge in [0, 0.05) is 22.5 Å². The average molecular weight is 264 g/mol. The highest BCUT2D eigenvalue weighted by atomic mass is 32.2. The molecular weight excluding hydrogens is 248 g/mol. The summed E-state index contributed by atoms with van der Waals surface area (Å²) in [6.07, 6.45) is 3.82. The fourth-order valence-electron chi connectivity index (χ4n) is 1.50. The van der Waals surface area contributed by atoms with E-state index >= 15 is 0 Å². The lowest BCUT2D eigenvalue weighted by Gasteiger charge is -2.08. The first kappa shape index (κ1) is 12.6. The number of thiazole rings is 1. The van der Waals surface area contributed by atoms with Gasteiger partial charge in [-0.2, -0.15) is 0 Å². The Hall–Kier alpha value is -0.840. The monoisotopic (exact) mass is 264 g/mol. The lowest BCUT2D eigenvalue weighted by molar-refractivity contribution is 0.646. The standard InChI is InChI=1S/C13H16N2S2/c1-2-11(14)9-10-3-5-12(6-4-10)17-13-15-7-8-16-13/h3-8,11H,2,9,14H2,1H3. The lowest BCUT2D eigenvalue weighted by Crippen LogP contribution is -2.21. The predicted molar refractivity (Wildman–Crippen MR) is 74.6 cm³/mol. The van der Waals surface area contributed by atoms with Crippen molar-refractivity contribution in [3.63, 3.8) is 0 Å². The van der Waals surface area contributed by atoms with E-state index in [1.807, 2.05) is 11.6 Å². The number of hydrogen-bond acceptors (Lipinski definition) is 4. The molecule has 2 rings (SSSR count). The summed E-state index contributed by atoms with van der Waals surface area (Å²) in [7, 11) is 0. The molecular formula is C13H16N2S2. The quantitative estimate of drug-likeness (QED) is 0.897. The van der Waals surface area contributed by atoms with Crippen molar-refractivity contribution >= 4 is 23.1 Å². The zero-order valence-electron chi connectivity index (χ0n) is 9.80. The molecule has 2 nitrogen and oxygen atoms in total. The summed E-state index contributed by atoms with van der Waals surface area (Å²) in [5.41, 5.74) is 7.25. The van der Waals surface area contributed by atoms with Crippen LogP contribution < -0.4 is 5.73 Å². The minimum absolute atomic E-state index is 0.271. The van der Waals surface area contributed by atoms with Crippen molar-refractivity contribution < 1.29 is 0 Å². The maximum absolute atomic E-state index is 5.94. The molecule has 0 saturated heterocycles. The highest BCUT2D eigenvalue weighted by Crippen LogP contribution is 2.29. The van der Waals surface area contributed by atoms with E-state index in [0.717, 1.165) is 17.2 Å². The van der Waals surface area contributed by atoms with Gasteiger partial charge >= 0.3 is 0 Å². The third-order valence-electron chi connectivity index (χ3n) is 2.56. The van der Waals surface area contributed by atoms with Crippen LogP contribution in [0.1, 0.15) is 18.9 Å². The number of rotatable bonds is 5. The molecule has 0 saturated carbocycles. The lowest BCUT2D eigenvalue weighted by atomic mass is 10.1. The van der Waals surface area contributed by atoms with Crippen LogP contribution in [-0.4, -0.2) is 11.0 Å². The first-order valence-electron chi connectivity index (χ1n) is 5.70. The molecule has 1 aromatic carbocycles. The number of aromatic nitrogens is 1. The van der Waals surface area contributed by atoms with Crippen molar-refractivity contribution in [2.24, 2.45) is 5.73 Å². The summed E-state index contributed by atoms with van der Waals surface area (Å²) in [4.78, 5) is 5.49. The Bertz CT molecular complexity index is 437. The zero-order chi connectivity index (χ0) is 12.1. The second-order valence-electron chi connectivity index (χ2n) is 3.92. The molecule has 2 N–H and O–H groups in total. The molecule has 0 fully saturated rings. The smallest absolute Gasteiger partial charge is 0.154 e. The molecule has 2 aromatic rings. The van der Waals surface area contributed by atoms with E-state index < -0.39 is 0 Å². The number of nitrogens with two attached hydrogens (primary N) is 1. The second kappa shape index (κ2) is 6.19. The summed E-state index contributed by atoms with van der Waals surface area (Å²) < 4.78 is 1.09. The van der Waals surface area contributed by atoms with Gasteiger partial charge in [-0.15, -0.1) is 11.3 Å². The van der Waals surface area contributed by atoms with Crippen molar-refractivity contribution in [2.45, 2.75) is 35.0 Å². The van der Waals surface area contributed by atoms with Gasteiger partial charge in [-0.05, 0) is 30.5 Å². The highest BCUT2D eigenvalue weighted by molar-refractivity contribution is 8.01. The molecule has 1 aromatic heterocycles. The summed E-state index contributed by atoms with van der Waals surface area (Å²) in [6, 6.07) is 8.87. The average Bonchev–Trinajstić information content (AvgIpc) is 2.84. The SMILES string of the molecule is CCC(N)Cc1ccc(Sc2nccs2)cc1. The minimum Gasteiger partial charge on any atom is -0.327 e. The Balaban J connectivity index is 1.98. The van der Waals surface area contributed by atoms with E-state index in [2.05, 4.69) is 36.2 Å². The minimum atomic E-state index is 0.271. The van der Waals surface area contributed by atoms with Crippen LogP contribution in [0.25, 0.3) is 0 Å². The highest BCUT2D eigenvalue weighted by Gasteiger charge is 2.03. The zero-order valence-corrected chi connectivity index (χ0v) is 11.4. The van der Waals surface area contributed by atoms with Crippen molar-refractivity contribution in [1.82, 2.24) is 4.98 Å². The molecule has 0 amide bonds. The molecule has 17 heavy (non-hydrogen) atoms. The largest absolute Gasteiger partial charge is 0.327 e. The van der Waals surface area contributed by atoms with Gasteiger partial charge in [0.1, 0.15) is 0 Å². The van der Waals surface area contributed by atoms with Gasteiger partial charge in [-0.1, -0.05) is 30.8 Å². The van der Waals surface area contributed by atoms with Crippen LogP contribution in [0.3, 0.4) is 0 Å². The summed E-state index contributed by atoms with van der Waals surface area (Å²) in [5.74, 6) is 0. The molecule has 0 aliphatic carbocycles. The molecule has 0 radical (unpaired) electrons. The molecule has 0 spiro atoms. The van der Waals surface area contributed by atoms with E-state index in [-0.39, 0.29) is 6.04 Å². The van der Waals surface area contributed by atoms with E-state index in [1.54, 1.807) is 23.1 Å². The van der Waals surface area contributed by atoms with Crippen molar-refractivity contribution in [2.75, 3.05) is 0 Å². The fourth-order valence-corrected chi connectivity index (χ4v) is 3.10. The van der Waals surface area contributed by atoms with Crippen LogP contribution in [0.4, 0.5) is 0 Å². The van der Waals surface area contributed by atoms with Gasteiger partial charge in [-0.3, -0.25) is 0 Å². The third kappa shape index (κ3) is 3.84. The molecule has 0 bridgehead atoms. The number of benzene rings is 1. The summed E-state index contributed by atoms with van der Waals surface area (Å²) in [6.45, 7) is 2.12. The first-order chi connectivity index (χ1) is 8.28. The Morgan fingerprint density at radius 3 is 2.71 bits per heavy atom. The Morgan fingerprint density at radius 1 is 1.35 bits per heavy atom. The van der Waals surface area contributed by atoms with Crippen LogP contribution in [0.15, 0.2) is 45.1 Å². The van der Waals surface area contributed by atoms with Crippen molar-refractivity contribution in [3.8, 4) is 0 Å². The maximum atomic E-state index is 5.94. The van der Waals surface area contributed by atoms with Gasteiger partial charge < -0.3 is 5.73 Å². The van der Waals surface area contributed by atoms with Gasteiger partial charge in [0.2, 0.25) is 0 Å². The van der Waals surface area contributed by atoms with Gasteiger partial charge in [-0.25, -0.2) is 4.98 Å². The topological polar surface area (TPSA) is 38.9 Å². The molecule has 1 atom stereocenters. The van der Waals surface area contributed by atoms with Gasteiger partial charge in [0.15, 0.2) is 4.34 Å². The molecule has 4 heteroatoms. The molecule has 1 heterocycles. The number of nitrogens with zero attached hydrogens (tertiary/aromatic N) is 1. The normalized spacial score (nSPS) is 12.6. The molecule has 90 valence electrons. The van der Waals surface area contributed by atoms with Crippen LogP contribution in [0, 0.1) is 0 Å². The van der Waals surface area contributed by atoms with Crippen molar-refractivity contribution in [1.29, 1.82) is 0 Å². The fraction of sp³-hybridized carbons (Fsp3) is 0.308. The number of hydrogen-bond donors (Lipinski definition) is 1. The van der Waals surface area contributed by atoms with E-state index in [4.69, 9.17) is 5.73 Å². The maximum Gasteiger partial charge on any atom is 0.154 e. The predicted octanol–water partition coefficient (Wildman–Crippen LogP) is 3.57. The molecule has 1 unspecified atom stereocenters. The van der Waals surface area contributed by atoms with E-state index in [9.17, 15) is 0 Å². The van der Waals surface area contributed by atoms with E-state index in [0.29, 0.717) is 0 Å². The Labute approximate surface area is 110 Å². The summed E-state index contributed by atoms with van der Waals surface area (Å²) in [5, 5.41) is 2.00. The molecule has 0 aliphatic rings. The summed E-state index contributed by atoms with van der Waals surface area (Å²) >= 11 is 3.37.